The van der Waals surface area contributed by atoms with E-state index in [2.05, 4.69) is 34.0 Å². The summed E-state index contributed by atoms with van der Waals surface area (Å²) in [4.78, 5) is 25.5. The molecule has 0 radical (unpaired) electrons. The van der Waals surface area contributed by atoms with Gasteiger partial charge in [0.1, 0.15) is 0 Å². The Hall–Kier alpha value is -1.92. The van der Waals surface area contributed by atoms with Crippen LogP contribution in [0, 0.1) is 0 Å². The molecular formula is C17H20N4OS. The van der Waals surface area contributed by atoms with Crippen molar-refractivity contribution >= 4 is 17.7 Å². The molecule has 0 bridgehead atoms. The highest BCUT2D eigenvalue weighted by molar-refractivity contribution is 7.98. The summed E-state index contributed by atoms with van der Waals surface area (Å²) in [6.45, 7) is 2.41. The van der Waals surface area contributed by atoms with E-state index in [4.69, 9.17) is 0 Å². The Morgan fingerprint density at radius 3 is 2.52 bits per heavy atom. The van der Waals surface area contributed by atoms with E-state index in [1.54, 1.807) is 12.4 Å². The van der Waals surface area contributed by atoms with Crippen LogP contribution in [0.5, 0.6) is 0 Å². The molecule has 1 aromatic carbocycles. The number of rotatable bonds is 3. The number of amides is 1. The third-order valence-electron chi connectivity index (χ3n) is 4.09. The molecule has 1 aliphatic heterocycles. The van der Waals surface area contributed by atoms with Crippen LogP contribution in [-0.2, 0) is 0 Å². The Labute approximate surface area is 140 Å². The minimum Gasteiger partial charge on any atom is -0.329 e. The van der Waals surface area contributed by atoms with Crippen molar-refractivity contribution in [1.29, 1.82) is 0 Å². The van der Waals surface area contributed by atoms with Crippen molar-refractivity contribution in [2.75, 3.05) is 32.9 Å². The first-order chi connectivity index (χ1) is 11.2. The molecule has 23 heavy (non-hydrogen) atoms. The monoisotopic (exact) mass is 328 g/mol. The Morgan fingerprint density at radius 2 is 1.87 bits per heavy atom. The minimum atomic E-state index is -0.000365. The third kappa shape index (κ3) is 3.54. The highest BCUT2D eigenvalue weighted by Crippen LogP contribution is 2.26. The zero-order valence-electron chi connectivity index (χ0n) is 13.3. The molecular weight excluding hydrogens is 308 g/mol. The van der Waals surface area contributed by atoms with E-state index in [1.165, 1.54) is 11.8 Å². The van der Waals surface area contributed by atoms with Crippen LogP contribution in [0.2, 0.25) is 0 Å². The number of benzene rings is 1. The molecule has 1 aliphatic rings. The van der Waals surface area contributed by atoms with Crippen molar-refractivity contribution < 1.29 is 4.79 Å². The highest BCUT2D eigenvalue weighted by Gasteiger charge is 2.31. The van der Waals surface area contributed by atoms with E-state index >= 15 is 0 Å². The topological polar surface area (TPSA) is 49.3 Å². The molecule has 5 nitrogen and oxygen atoms in total. The van der Waals surface area contributed by atoms with Crippen LogP contribution < -0.4 is 0 Å². The fraction of sp³-hybridized carbons (Fsp3) is 0.353. The largest absolute Gasteiger partial charge is 0.329 e. The van der Waals surface area contributed by atoms with Crippen molar-refractivity contribution in [2.45, 2.75) is 11.2 Å². The van der Waals surface area contributed by atoms with Crippen LogP contribution in [-0.4, -0.2) is 58.6 Å². The molecule has 1 saturated heterocycles. The van der Waals surface area contributed by atoms with E-state index in [-0.39, 0.29) is 11.9 Å². The van der Waals surface area contributed by atoms with Gasteiger partial charge >= 0.3 is 0 Å². The maximum absolute atomic E-state index is 12.9. The average molecular weight is 328 g/mol. The number of hydrogen-bond acceptors (Lipinski definition) is 5. The SMILES string of the molecule is CSc1ncc(C(=O)N2CCN(C)C[C@@H]2c2ccccc2)cn1. The lowest BCUT2D eigenvalue weighted by Gasteiger charge is -2.40. The van der Waals surface area contributed by atoms with Crippen molar-refractivity contribution in [3.8, 4) is 0 Å². The zero-order chi connectivity index (χ0) is 16.2. The fourth-order valence-electron chi connectivity index (χ4n) is 2.82. The van der Waals surface area contributed by atoms with Gasteiger partial charge < -0.3 is 9.80 Å². The summed E-state index contributed by atoms with van der Waals surface area (Å²) >= 11 is 1.47. The van der Waals surface area contributed by atoms with E-state index in [9.17, 15) is 4.79 Å². The zero-order valence-corrected chi connectivity index (χ0v) is 14.2. The van der Waals surface area contributed by atoms with Crippen LogP contribution in [0.15, 0.2) is 47.9 Å². The van der Waals surface area contributed by atoms with Crippen LogP contribution in [0.25, 0.3) is 0 Å². The van der Waals surface area contributed by atoms with Crippen molar-refractivity contribution in [3.05, 3.63) is 53.9 Å². The van der Waals surface area contributed by atoms with Crippen LogP contribution in [0.1, 0.15) is 22.0 Å². The molecule has 0 unspecified atom stereocenters. The Morgan fingerprint density at radius 1 is 1.17 bits per heavy atom. The Kier molecular flexibility index (Phi) is 4.93. The van der Waals surface area contributed by atoms with Gasteiger partial charge in [-0.1, -0.05) is 42.1 Å². The predicted octanol–water partition coefficient (Wildman–Crippen LogP) is 2.33. The van der Waals surface area contributed by atoms with Gasteiger partial charge in [0.25, 0.3) is 5.91 Å². The number of carbonyl (C=O) groups excluding carboxylic acids is 1. The minimum absolute atomic E-state index is 0.000365. The van der Waals surface area contributed by atoms with E-state index in [0.717, 1.165) is 18.7 Å². The first-order valence-corrected chi connectivity index (χ1v) is 8.82. The standard InChI is InChI=1S/C17H20N4OS/c1-20-8-9-21(15(12-20)13-6-4-3-5-7-13)16(22)14-10-18-17(23-2)19-11-14/h3-7,10-11,15H,8-9,12H2,1-2H3/t15-/m1/s1. The summed E-state index contributed by atoms with van der Waals surface area (Å²) in [5.74, 6) is -0.000365. The summed E-state index contributed by atoms with van der Waals surface area (Å²) in [7, 11) is 2.09. The molecule has 120 valence electrons. The van der Waals surface area contributed by atoms with Gasteiger partial charge in [-0.2, -0.15) is 0 Å². The average Bonchev–Trinajstić information content (AvgIpc) is 2.62. The first kappa shape index (κ1) is 16.0. The second kappa shape index (κ2) is 7.10. The molecule has 0 saturated carbocycles. The lowest BCUT2D eigenvalue weighted by Crippen LogP contribution is -2.49. The normalized spacial score (nSPS) is 18.9. The molecule has 2 aromatic rings. The maximum Gasteiger partial charge on any atom is 0.257 e. The van der Waals surface area contributed by atoms with Crippen LogP contribution in [0.4, 0.5) is 0 Å². The molecule has 1 aromatic heterocycles. The summed E-state index contributed by atoms with van der Waals surface area (Å²) in [6.07, 6.45) is 5.17. The number of piperazine rings is 1. The quantitative estimate of drug-likeness (QED) is 0.639. The van der Waals surface area contributed by atoms with Crippen molar-refractivity contribution in [3.63, 3.8) is 0 Å². The highest BCUT2D eigenvalue weighted by atomic mass is 32.2. The molecule has 1 fully saturated rings. The molecule has 2 heterocycles. The number of carbonyl (C=O) groups is 1. The number of likely N-dealkylation sites (N-methyl/N-ethyl adjacent to an activating group) is 1. The van der Waals surface area contributed by atoms with Crippen molar-refractivity contribution in [2.24, 2.45) is 0 Å². The molecule has 0 aliphatic carbocycles. The van der Waals surface area contributed by atoms with Gasteiger partial charge in [0.2, 0.25) is 0 Å². The summed E-state index contributed by atoms with van der Waals surface area (Å²) in [5.41, 5.74) is 1.71. The van der Waals surface area contributed by atoms with E-state index in [1.807, 2.05) is 29.4 Å². The molecule has 0 spiro atoms. The first-order valence-electron chi connectivity index (χ1n) is 7.59. The second-order valence-corrected chi connectivity index (χ2v) is 6.42. The summed E-state index contributed by atoms with van der Waals surface area (Å²) in [5, 5.41) is 0.680. The van der Waals surface area contributed by atoms with Crippen molar-refractivity contribution in [1.82, 2.24) is 19.8 Å². The van der Waals surface area contributed by atoms with E-state index < -0.39 is 0 Å². The molecule has 1 atom stereocenters. The fourth-order valence-corrected chi connectivity index (χ4v) is 3.14. The van der Waals surface area contributed by atoms with Gasteiger partial charge in [0.05, 0.1) is 11.6 Å². The van der Waals surface area contributed by atoms with Crippen LogP contribution in [0.3, 0.4) is 0 Å². The molecule has 0 N–H and O–H groups in total. The second-order valence-electron chi connectivity index (χ2n) is 5.65. The summed E-state index contributed by atoms with van der Waals surface area (Å²) < 4.78 is 0. The molecule has 3 rings (SSSR count). The van der Waals surface area contributed by atoms with Gasteiger partial charge in [0, 0.05) is 32.0 Å². The number of aromatic nitrogens is 2. The Bertz CT molecular complexity index is 662. The predicted molar refractivity (Wildman–Crippen MR) is 91.5 cm³/mol. The number of hydrogen-bond donors (Lipinski definition) is 0. The lowest BCUT2D eigenvalue weighted by atomic mass is 10.0. The molecule has 1 amide bonds. The van der Waals surface area contributed by atoms with Gasteiger partial charge in [-0.05, 0) is 18.9 Å². The number of nitrogens with zero attached hydrogens (tertiary/aromatic N) is 4. The Balaban J connectivity index is 1.86. The number of thioether (sulfide) groups is 1. The van der Waals surface area contributed by atoms with Gasteiger partial charge in [-0.3, -0.25) is 4.79 Å². The van der Waals surface area contributed by atoms with Gasteiger partial charge in [-0.25, -0.2) is 9.97 Å². The maximum atomic E-state index is 12.9. The summed E-state index contributed by atoms with van der Waals surface area (Å²) in [6, 6.07) is 10.3. The smallest absolute Gasteiger partial charge is 0.257 e. The van der Waals surface area contributed by atoms with Crippen LogP contribution >= 0.6 is 11.8 Å². The lowest BCUT2D eigenvalue weighted by molar-refractivity contribution is 0.0497. The molecule has 6 heteroatoms. The van der Waals surface area contributed by atoms with E-state index in [0.29, 0.717) is 17.3 Å². The third-order valence-corrected chi connectivity index (χ3v) is 4.66. The van der Waals surface area contributed by atoms with Gasteiger partial charge in [-0.15, -0.1) is 0 Å². The van der Waals surface area contributed by atoms with Gasteiger partial charge in [0.15, 0.2) is 5.16 Å².